The number of carbonyl (C=O) groups excluding carboxylic acids is 1. The standard InChI is InChI=1S/C18H22N2O3S2/c1-12(13-7-9-15(10-8-13)25(19,22)23)20-18(21)17-11-14-5-3-2-4-6-16(14)24-17/h7-12H,2-6H2,1H3,(H,20,21)(H2,19,22,23)/t12-/m1/s1. The van der Waals surface area contributed by atoms with Crippen LogP contribution in [0, 0.1) is 0 Å². The molecule has 3 rings (SSSR count). The Morgan fingerprint density at radius 1 is 1.16 bits per heavy atom. The van der Waals surface area contributed by atoms with Gasteiger partial charge >= 0.3 is 0 Å². The number of fused-ring (bicyclic) bond motifs is 1. The number of thiophene rings is 1. The van der Waals surface area contributed by atoms with Crippen LogP contribution >= 0.6 is 11.3 Å². The molecule has 0 saturated carbocycles. The van der Waals surface area contributed by atoms with Crippen LogP contribution in [-0.4, -0.2) is 14.3 Å². The number of primary sulfonamides is 1. The molecule has 0 bridgehead atoms. The third-order valence-corrected chi connectivity index (χ3v) is 6.69. The van der Waals surface area contributed by atoms with Crippen molar-refractivity contribution >= 4 is 27.3 Å². The summed E-state index contributed by atoms with van der Waals surface area (Å²) in [6.07, 6.45) is 5.77. The van der Waals surface area contributed by atoms with Gasteiger partial charge in [0.15, 0.2) is 0 Å². The van der Waals surface area contributed by atoms with Crippen molar-refractivity contribution in [3.8, 4) is 0 Å². The fraction of sp³-hybridized carbons (Fsp3) is 0.389. The molecule has 1 aromatic heterocycles. The largest absolute Gasteiger partial charge is 0.345 e. The summed E-state index contributed by atoms with van der Waals surface area (Å²) in [5.74, 6) is -0.0823. The maximum atomic E-state index is 12.5. The van der Waals surface area contributed by atoms with E-state index in [0.717, 1.165) is 23.3 Å². The van der Waals surface area contributed by atoms with Gasteiger partial charge in [-0.3, -0.25) is 4.79 Å². The number of hydrogen-bond acceptors (Lipinski definition) is 4. The average molecular weight is 379 g/mol. The van der Waals surface area contributed by atoms with E-state index >= 15 is 0 Å². The van der Waals surface area contributed by atoms with E-state index in [4.69, 9.17) is 5.14 Å². The molecular formula is C18H22N2O3S2. The Morgan fingerprint density at radius 3 is 2.52 bits per heavy atom. The Bertz CT molecular complexity index is 847. The first-order valence-electron chi connectivity index (χ1n) is 8.40. The Labute approximate surface area is 152 Å². The Hall–Kier alpha value is -1.70. The second-order valence-electron chi connectivity index (χ2n) is 6.43. The van der Waals surface area contributed by atoms with Gasteiger partial charge < -0.3 is 5.32 Å². The molecule has 0 spiro atoms. The first-order chi connectivity index (χ1) is 11.8. The first-order valence-corrected chi connectivity index (χ1v) is 10.8. The van der Waals surface area contributed by atoms with Crippen molar-refractivity contribution in [2.45, 2.75) is 50.0 Å². The van der Waals surface area contributed by atoms with Crippen molar-refractivity contribution in [3.05, 3.63) is 51.2 Å². The first kappa shape index (κ1) is 18.1. The SMILES string of the molecule is C[C@@H](NC(=O)c1cc2c(s1)CCCCC2)c1ccc(S(N)(=O)=O)cc1. The summed E-state index contributed by atoms with van der Waals surface area (Å²) in [6, 6.07) is 8.07. The normalized spacial score (nSPS) is 15.9. The molecule has 0 radical (unpaired) electrons. The van der Waals surface area contributed by atoms with Gasteiger partial charge in [-0.2, -0.15) is 0 Å². The lowest BCUT2D eigenvalue weighted by Gasteiger charge is -2.14. The minimum atomic E-state index is -3.70. The Balaban J connectivity index is 1.70. The smallest absolute Gasteiger partial charge is 0.261 e. The van der Waals surface area contributed by atoms with Crippen molar-refractivity contribution < 1.29 is 13.2 Å². The second kappa shape index (κ2) is 7.27. The van der Waals surface area contributed by atoms with E-state index in [1.807, 2.05) is 13.0 Å². The minimum absolute atomic E-state index is 0.0665. The minimum Gasteiger partial charge on any atom is -0.345 e. The van der Waals surface area contributed by atoms with Crippen LogP contribution in [0.4, 0.5) is 0 Å². The fourth-order valence-electron chi connectivity index (χ4n) is 3.08. The summed E-state index contributed by atoms with van der Waals surface area (Å²) >= 11 is 1.59. The van der Waals surface area contributed by atoms with Gasteiger partial charge in [0, 0.05) is 4.88 Å². The lowest BCUT2D eigenvalue weighted by Crippen LogP contribution is -2.26. The van der Waals surface area contributed by atoms with E-state index in [0.29, 0.717) is 0 Å². The van der Waals surface area contributed by atoms with Gasteiger partial charge in [0.1, 0.15) is 0 Å². The van der Waals surface area contributed by atoms with Gasteiger partial charge in [0.2, 0.25) is 10.0 Å². The van der Waals surface area contributed by atoms with E-state index < -0.39 is 10.0 Å². The summed E-state index contributed by atoms with van der Waals surface area (Å²) < 4.78 is 22.6. The van der Waals surface area contributed by atoms with Gasteiger partial charge in [0.25, 0.3) is 5.91 Å². The van der Waals surface area contributed by atoms with Gasteiger partial charge in [-0.15, -0.1) is 11.3 Å². The molecule has 5 nitrogen and oxygen atoms in total. The number of aryl methyl sites for hydroxylation is 2. The molecule has 0 saturated heterocycles. The number of carbonyl (C=O) groups is 1. The number of nitrogens with two attached hydrogens (primary N) is 1. The lowest BCUT2D eigenvalue weighted by atomic mass is 10.1. The van der Waals surface area contributed by atoms with E-state index in [9.17, 15) is 13.2 Å². The highest BCUT2D eigenvalue weighted by molar-refractivity contribution is 7.89. The summed E-state index contributed by atoms with van der Waals surface area (Å²) in [7, 11) is -3.70. The molecule has 1 atom stereocenters. The molecule has 1 heterocycles. The highest BCUT2D eigenvalue weighted by Gasteiger charge is 2.18. The van der Waals surface area contributed by atoms with Crippen molar-refractivity contribution in [1.29, 1.82) is 0 Å². The zero-order chi connectivity index (χ0) is 18.0. The molecule has 1 aliphatic rings. The molecular weight excluding hydrogens is 356 g/mol. The number of rotatable bonds is 4. The highest BCUT2D eigenvalue weighted by atomic mass is 32.2. The van der Waals surface area contributed by atoms with E-state index in [2.05, 4.69) is 5.32 Å². The van der Waals surface area contributed by atoms with Crippen molar-refractivity contribution in [2.75, 3.05) is 0 Å². The van der Waals surface area contributed by atoms with Crippen molar-refractivity contribution in [1.82, 2.24) is 5.32 Å². The monoisotopic (exact) mass is 378 g/mol. The van der Waals surface area contributed by atoms with Crippen LogP contribution < -0.4 is 10.5 Å². The van der Waals surface area contributed by atoms with E-state index in [-0.39, 0.29) is 16.8 Å². The number of benzene rings is 1. The molecule has 1 amide bonds. The third-order valence-electron chi connectivity index (χ3n) is 4.53. The third kappa shape index (κ3) is 4.29. The number of nitrogens with one attached hydrogen (secondary N) is 1. The Kier molecular flexibility index (Phi) is 5.27. The van der Waals surface area contributed by atoms with Gasteiger partial charge in [-0.25, -0.2) is 13.6 Å². The van der Waals surface area contributed by atoms with Crippen LogP contribution in [0.5, 0.6) is 0 Å². The van der Waals surface area contributed by atoms with E-state index in [1.54, 1.807) is 23.5 Å². The van der Waals surface area contributed by atoms with Gasteiger partial charge in [-0.05, 0) is 61.9 Å². The van der Waals surface area contributed by atoms with Crippen LogP contribution in [0.3, 0.4) is 0 Å². The molecule has 25 heavy (non-hydrogen) atoms. The topological polar surface area (TPSA) is 89.3 Å². The maximum Gasteiger partial charge on any atom is 0.261 e. The molecule has 2 aromatic rings. The fourth-order valence-corrected chi connectivity index (χ4v) is 4.75. The molecule has 3 N–H and O–H groups in total. The number of amides is 1. The summed E-state index contributed by atoms with van der Waals surface area (Å²) in [5.41, 5.74) is 2.15. The van der Waals surface area contributed by atoms with Crippen LogP contribution in [0.15, 0.2) is 35.2 Å². The lowest BCUT2D eigenvalue weighted by molar-refractivity contribution is 0.0944. The van der Waals surface area contributed by atoms with Crippen LogP contribution in [0.1, 0.15) is 57.9 Å². The number of hydrogen-bond donors (Lipinski definition) is 2. The van der Waals surface area contributed by atoms with E-state index in [1.165, 1.54) is 41.8 Å². The van der Waals surface area contributed by atoms with Crippen molar-refractivity contribution in [3.63, 3.8) is 0 Å². The highest BCUT2D eigenvalue weighted by Crippen LogP contribution is 2.29. The molecule has 7 heteroatoms. The summed E-state index contributed by atoms with van der Waals surface area (Å²) in [5, 5.41) is 8.09. The van der Waals surface area contributed by atoms with Crippen LogP contribution in [-0.2, 0) is 22.9 Å². The molecule has 134 valence electrons. The second-order valence-corrected chi connectivity index (χ2v) is 9.13. The Morgan fingerprint density at radius 2 is 1.84 bits per heavy atom. The van der Waals surface area contributed by atoms with Crippen molar-refractivity contribution in [2.24, 2.45) is 5.14 Å². The molecule has 0 aliphatic heterocycles. The molecule has 0 unspecified atom stereocenters. The quantitative estimate of drug-likeness (QED) is 0.801. The summed E-state index contributed by atoms with van der Waals surface area (Å²) in [6.45, 7) is 1.88. The van der Waals surface area contributed by atoms with Gasteiger partial charge in [-0.1, -0.05) is 18.6 Å². The summed E-state index contributed by atoms with van der Waals surface area (Å²) in [4.78, 5) is 14.7. The zero-order valence-electron chi connectivity index (χ0n) is 14.1. The average Bonchev–Trinajstić information content (AvgIpc) is 2.85. The van der Waals surface area contributed by atoms with Crippen LogP contribution in [0.25, 0.3) is 0 Å². The maximum absolute atomic E-state index is 12.5. The molecule has 1 aliphatic carbocycles. The molecule has 1 aromatic carbocycles. The van der Waals surface area contributed by atoms with Gasteiger partial charge in [0.05, 0.1) is 15.8 Å². The predicted molar refractivity (Wildman–Crippen MR) is 99.3 cm³/mol. The number of sulfonamides is 1. The van der Waals surface area contributed by atoms with Crippen LogP contribution in [0.2, 0.25) is 0 Å². The zero-order valence-corrected chi connectivity index (χ0v) is 15.8. The molecule has 0 fully saturated rings. The predicted octanol–water partition coefficient (Wildman–Crippen LogP) is 3.16.